The van der Waals surface area contributed by atoms with E-state index < -0.39 is 11.7 Å². The quantitative estimate of drug-likeness (QED) is 0.763. The fraction of sp³-hybridized carbons (Fsp3) is 0.562. The Morgan fingerprint density at radius 3 is 2.67 bits per heavy atom. The molecule has 5 heteroatoms. The molecule has 0 radical (unpaired) electrons. The largest absolute Gasteiger partial charge is 0.416 e. The second-order valence-corrected chi connectivity index (χ2v) is 6.64. The van der Waals surface area contributed by atoms with E-state index in [1.807, 2.05) is 0 Å². The summed E-state index contributed by atoms with van der Waals surface area (Å²) in [5.41, 5.74) is 0.590. The third-order valence-corrected chi connectivity index (χ3v) is 4.66. The first-order valence-electron chi connectivity index (χ1n) is 7.34. The van der Waals surface area contributed by atoms with Crippen molar-refractivity contribution in [2.45, 2.75) is 51.6 Å². The van der Waals surface area contributed by atoms with Crippen LogP contribution in [0.5, 0.6) is 0 Å². The molecule has 1 atom stereocenters. The van der Waals surface area contributed by atoms with Crippen molar-refractivity contribution in [3.63, 3.8) is 0 Å². The van der Waals surface area contributed by atoms with Gasteiger partial charge in [0.05, 0.1) is 16.6 Å². The van der Waals surface area contributed by atoms with Gasteiger partial charge >= 0.3 is 6.18 Å². The molecule has 1 aliphatic carbocycles. The number of H-pyrrole nitrogens is 1. The van der Waals surface area contributed by atoms with Crippen LogP contribution in [-0.2, 0) is 6.18 Å². The normalized spacial score (nSPS) is 22.6. The Labute approximate surface area is 121 Å². The Hall–Kier alpha value is -1.52. The van der Waals surface area contributed by atoms with E-state index in [1.54, 1.807) is 0 Å². The van der Waals surface area contributed by atoms with Crippen molar-refractivity contribution < 1.29 is 13.2 Å². The number of aromatic nitrogens is 2. The molecule has 0 bridgehead atoms. The van der Waals surface area contributed by atoms with Gasteiger partial charge in [0.1, 0.15) is 5.82 Å². The topological polar surface area (TPSA) is 28.7 Å². The number of hydrogen-bond acceptors (Lipinski definition) is 1. The Kier molecular flexibility index (Phi) is 3.26. The van der Waals surface area contributed by atoms with Crippen LogP contribution in [0.3, 0.4) is 0 Å². The number of fused-ring (bicyclic) bond motifs is 1. The predicted molar refractivity (Wildman–Crippen MR) is 76.1 cm³/mol. The lowest BCUT2D eigenvalue weighted by atomic mass is 9.68. The van der Waals surface area contributed by atoms with Gasteiger partial charge in [-0.15, -0.1) is 0 Å². The SMILES string of the molecule is CC1(C)CCCCC1c1nc2ccc(C(F)(F)F)cc2[nH]1. The molecule has 0 amide bonds. The molecule has 0 saturated heterocycles. The lowest BCUT2D eigenvalue weighted by Gasteiger charge is -2.37. The summed E-state index contributed by atoms with van der Waals surface area (Å²) in [4.78, 5) is 7.65. The molecule has 1 aromatic carbocycles. The average molecular weight is 296 g/mol. The number of nitrogens with zero attached hydrogens (tertiary/aromatic N) is 1. The molecule has 0 spiro atoms. The summed E-state index contributed by atoms with van der Waals surface area (Å²) in [6.45, 7) is 4.43. The third-order valence-electron chi connectivity index (χ3n) is 4.66. The maximum Gasteiger partial charge on any atom is 0.416 e. The number of aromatic amines is 1. The molecule has 1 heterocycles. The van der Waals surface area contributed by atoms with E-state index >= 15 is 0 Å². The van der Waals surface area contributed by atoms with Gasteiger partial charge in [0.25, 0.3) is 0 Å². The van der Waals surface area contributed by atoms with Crippen LogP contribution in [0.4, 0.5) is 13.2 Å². The Morgan fingerprint density at radius 2 is 2.00 bits per heavy atom. The van der Waals surface area contributed by atoms with E-state index in [-0.39, 0.29) is 11.3 Å². The summed E-state index contributed by atoms with van der Waals surface area (Å²) in [5, 5.41) is 0. The number of hydrogen-bond donors (Lipinski definition) is 1. The highest BCUT2D eigenvalue weighted by atomic mass is 19.4. The zero-order valence-electron chi connectivity index (χ0n) is 12.2. The zero-order chi connectivity index (χ0) is 15.3. The van der Waals surface area contributed by atoms with Crippen LogP contribution < -0.4 is 0 Å². The molecular weight excluding hydrogens is 277 g/mol. The van der Waals surface area contributed by atoms with Crippen LogP contribution in [0, 0.1) is 5.41 Å². The van der Waals surface area contributed by atoms with Crippen LogP contribution in [0.25, 0.3) is 11.0 Å². The highest BCUT2D eigenvalue weighted by Gasteiger charge is 2.35. The first-order valence-corrected chi connectivity index (χ1v) is 7.34. The van der Waals surface area contributed by atoms with Crippen molar-refractivity contribution in [3.8, 4) is 0 Å². The van der Waals surface area contributed by atoms with Gasteiger partial charge in [0.15, 0.2) is 0 Å². The molecule has 1 N–H and O–H groups in total. The lowest BCUT2D eigenvalue weighted by molar-refractivity contribution is -0.137. The minimum absolute atomic E-state index is 0.138. The van der Waals surface area contributed by atoms with E-state index in [1.165, 1.54) is 12.5 Å². The van der Waals surface area contributed by atoms with Crippen molar-refractivity contribution in [2.24, 2.45) is 5.41 Å². The maximum atomic E-state index is 12.8. The van der Waals surface area contributed by atoms with Crippen molar-refractivity contribution in [3.05, 3.63) is 29.6 Å². The second kappa shape index (κ2) is 4.75. The lowest BCUT2D eigenvalue weighted by Crippen LogP contribution is -2.26. The van der Waals surface area contributed by atoms with Crippen molar-refractivity contribution >= 4 is 11.0 Å². The highest BCUT2D eigenvalue weighted by molar-refractivity contribution is 5.76. The maximum absolute atomic E-state index is 12.8. The molecule has 114 valence electrons. The summed E-state index contributed by atoms with van der Waals surface area (Å²) < 4.78 is 38.3. The standard InChI is InChI=1S/C16H19F3N2/c1-15(2)8-4-3-5-11(15)14-20-12-7-6-10(16(17,18)19)9-13(12)21-14/h6-7,9,11H,3-5,8H2,1-2H3,(H,20,21). The smallest absolute Gasteiger partial charge is 0.342 e. The number of rotatable bonds is 1. The van der Waals surface area contributed by atoms with Crippen LogP contribution in [0.2, 0.25) is 0 Å². The summed E-state index contributed by atoms with van der Waals surface area (Å²) in [6.07, 6.45) is 0.214. The van der Waals surface area contributed by atoms with E-state index in [4.69, 9.17) is 0 Å². The summed E-state index contributed by atoms with van der Waals surface area (Å²) >= 11 is 0. The molecule has 1 aliphatic rings. The molecule has 3 rings (SSSR count). The van der Waals surface area contributed by atoms with Gasteiger partial charge in [0, 0.05) is 5.92 Å². The number of imidazole rings is 1. The fourth-order valence-electron chi connectivity index (χ4n) is 3.37. The monoisotopic (exact) mass is 296 g/mol. The van der Waals surface area contributed by atoms with Crippen molar-refractivity contribution in [1.29, 1.82) is 0 Å². The Bertz CT molecular complexity index is 655. The molecule has 2 aromatic rings. The van der Waals surface area contributed by atoms with E-state index in [9.17, 15) is 13.2 Å². The van der Waals surface area contributed by atoms with Gasteiger partial charge < -0.3 is 4.98 Å². The van der Waals surface area contributed by atoms with Gasteiger partial charge in [-0.3, -0.25) is 0 Å². The van der Waals surface area contributed by atoms with Gasteiger partial charge in [0.2, 0.25) is 0 Å². The molecule has 2 nitrogen and oxygen atoms in total. The first-order chi connectivity index (χ1) is 9.77. The van der Waals surface area contributed by atoms with E-state index in [2.05, 4.69) is 23.8 Å². The second-order valence-electron chi connectivity index (χ2n) is 6.64. The van der Waals surface area contributed by atoms with Crippen molar-refractivity contribution in [2.75, 3.05) is 0 Å². The van der Waals surface area contributed by atoms with E-state index in [0.717, 1.165) is 37.2 Å². The average Bonchev–Trinajstić information content (AvgIpc) is 2.79. The molecular formula is C16H19F3N2. The van der Waals surface area contributed by atoms with Gasteiger partial charge in [-0.25, -0.2) is 4.98 Å². The molecule has 21 heavy (non-hydrogen) atoms. The number of halogens is 3. The number of benzene rings is 1. The summed E-state index contributed by atoms with van der Waals surface area (Å²) in [5.74, 6) is 1.11. The van der Waals surface area contributed by atoms with Gasteiger partial charge in [-0.2, -0.15) is 13.2 Å². The van der Waals surface area contributed by atoms with Crippen LogP contribution in [0.1, 0.15) is 56.8 Å². The van der Waals surface area contributed by atoms with Gasteiger partial charge in [-0.05, 0) is 36.5 Å². The van der Waals surface area contributed by atoms with Crippen LogP contribution in [0.15, 0.2) is 18.2 Å². The highest BCUT2D eigenvalue weighted by Crippen LogP contribution is 2.46. The summed E-state index contributed by atoms with van der Waals surface area (Å²) in [7, 11) is 0. The summed E-state index contributed by atoms with van der Waals surface area (Å²) in [6, 6.07) is 3.70. The molecule has 1 unspecified atom stereocenters. The Morgan fingerprint density at radius 1 is 1.24 bits per heavy atom. The minimum atomic E-state index is -4.32. The van der Waals surface area contributed by atoms with Crippen LogP contribution >= 0.6 is 0 Å². The van der Waals surface area contributed by atoms with Gasteiger partial charge in [-0.1, -0.05) is 26.7 Å². The molecule has 1 aromatic heterocycles. The number of alkyl halides is 3. The molecule has 1 saturated carbocycles. The fourth-order valence-corrected chi connectivity index (χ4v) is 3.37. The van der Waals surface area contributed by atoms with Crippen LogP contribution in [-0.4, -0.2) is 9.97 Å². The molecule has 0 aliphatic heterocycles. The van der Waals surface area contributed by atoms with Crippen molar-refractivity contribution in [1.82, 2.24) is 9.97 Å². The number of nitrogens with one attached hydrogen (secondary N) is 1. The predicted octanol–water partition coefficient (Wildman–Crippen LogP) is 5.27. The first kappa shape index (κ1) is 14.4. The zero-order valence-corrected chi connectivity index (χ0v) is 12.2. The van der Waals surface area contributed by atoms with E-state index in [0.29, 0.717) is 11.0 Å². The minimum Gasteiger partial charge on any atom is -0.342 e. The third kappa shape index (κ3) is 2.65. The molecule has 1 fully saturated rings. The Balaban J connectivity index is 2.01.